The number of aryl methyl sites for hydroxylation is 1. The number of hydrogen-bond donors (Lipinski definition) is 1. The molecule has 1 amide bonds. The van der Waals surface area contributed by atoms with Crippen molar-refractivity contribution in [3.63, 3.8) is 0 Å². The number of nitrogens with zero attached hydrogens (tertiary/aromatic N) is 5. The largest absolute Gasteiger partial charge is 0.467 e. The summed E-state index contributed by atoms with van der Waals surface area (Å²) < 4.78 is 8.48. The highest BCUT2D eigenvalue weighted by molar-refractivity contribution is 5.91. The van der Waals surface area contributed by atoms with Crippen LogP contribution in [0.25, 0.3) is 0 Å². The highest BCUT2D eigenvalue weighted by atomic mass is 16.6. The van der Waals surface area contributed by atoms with Crippen molar-refractivity contribution in [2.75, 3.05) is 5.32 Å². The molecule has 0 aliphatic rings. The van der Waals surface area contributed by atoms with Crippen LogP contribution in [0.4, 0.5) is 11.5 Å². The first-order valence-corrected chi connectivity index (χ1v) is 8.85. The Labute approximate surface area is 166 Å². The average Bonchev–Trinajstić information content (AvgIpc) is 3.31. The van der Waals surface area contributed by atoms with E-state index in [1.54, 1.807) is 29.9 Å². The van der Waals surface area contributed by atoms with Crippen molar-refractivity contribution < 1.29 is 14.1 Å². The molecule has 3 rings (SSSR count). The van der Waals surface area contributed by atoms with E-state index < -0.39 is 10.8 Å². The predicted molar refractivity (Wildman–Crippen MR) is 103 cm³/mol. The monoisotopic (exact) mass is 396 g/mol. The molecule has 29 heavy (non-hydrogen) atoms. The molecule has 3 heterocycles. The van der Waals surface area contributed by atoms with E-state index in [1.165, 1.54) is 11.6 Å². The van der Waals surface area contributed by atoms with Gasteiger partial charge < -0.3 is 14.3 Å². The minimum Gasteiger partial charge on any atom is -0.467 e. The summed E-state index contributed by atoms with van der Waals surface area (Å²) in [7, 11) is 0. The number of carbonyl (C=O) groups excluding carboxylic acids is 1. The maximum Gasteiger partial charge on any atom is 0.312 e. The molecule has 10 nitrogen and oxygen atoms in total. The summed E-state index contributed by atoms with van der Waals surface area (Å²) in [6.07, 6.45) is 1.56. The Hall–Kier alpha value is -3.87. The van der Waals surface area contributed by atoms with E-state index in [0.717, 1.165) is 11.3 Å². The first-order valence-electron chi connectivity index (χ1n) is 8.85. The molecule has 0 fully saturated rings. The topological polar surface area (TPSA) is 132 Å². The molecule has 150 valence electrons. The molecular weight excluding hydrogens is 376 g/mol. The quantitative estimate of drug-likeness (QED) is 0.503. The normalized spacial score (nSPS) is 10.7. The van der Waals surface area contributed by atoms with Crippen molar-refractivity contribution in [1.29, 1.82) is 5.26 Å². The molecule has 0 atom stereocenters. The van der Waals surface area contributed by atoms with Crippen LogP contribution >= 0.6 is 0 Å². The maximum absolute atomic E-state index is 12.7. The number of rotatable bonds is 6. The van der Waals surface area contributed by atoms with Gasteiger partial charge in [-0.15, -0.1) is 0 Å². The van der Waals surface area contributed by atoms with Crippen LogP contribution in [-0.4, -0.2) is 25.2 Å². The summed E-state index contributed by atoms with van der Waals surface area (Å²) in [6, 6.07) is 5.71. The fourth-order valence-corrected chi connectivity index (χ4v) is 3.30. The Kier molecular flexibility index (Phi) is 5.23. The summed E-state index contributed by atoms with van der Waals surface area (Å²) in [5.41, 5.74) is 2.38. The third-order valence-electron chi connectivity index (χ3n) is 4.91. The van der Waals surface area contributed by atoms with Crippen LogP contribution < -0.4 is 5.32 Å². The van der Waals surface area contributed by atoms with Crippen molar-refractivity contribution in [3.8, 4) is 6.07 Å². The maximum atomic E-state index is 12.7. The Bertz CT molecular complexity index is 1130. The number of anilines is 1. The zero-order valence-electron chi connectivity index (χ0n) is 16.5. The molecule has 0 aliphatic heterocycles. The Morgan fingerprint density at radius 2 is 2.07 bits per heavy atom. The van der Waals surface area contributed by atoms with Gasteiger partial charge in [0.1, 0.15) is 35.6 Å². The van der Waals surface area contributed by atoms with Crippen LogP contribution in [0.1, 0.15) is 34.0 Å². The second kappa shape index (κ2) is 7.63. The summed E-state index contributed by atoms with van der Waals surface area (Å²) in [5, 5.41) is 27.6. The van der Waals surface area contributed by atoms with Crippen molar-refractivity contribution in [3.05, 3.63) is 62.5 Å². The van der Waals surface area contributed by atoms with Gasteiger partial charge in [-0.2, -0.15) is 10.4 Å². The second-order valence-corrected chi connectivity index (χ2v) is 6.69. The summed E-state index contributed by atoms with van der Waals surface area (Å²) in [6.45, 7) is 6.87. The second-order valence-electron chi connectivity index (χ2n) is 6.69. The fraction of sp³-hybridized carbons (Fsp3) is 0.316. The lowest BCUT2D eigenvalue weighted by Crippen LogP contribution is -2.22. The van der Waals surface area contributed by atoms with Gasteiger partial charge >= 0.3 is 5.69 Å². The molecule has 0 unspecified atom stereocenters. The van der Waals surface area contributed by atoms with E-state index in [-0.39, 0.29) is 17.9 Å². The summed E-state index contributed by atoms with van der Waals surface area (Å²) >= 11 is 0. The highest BCUT2D eigenvalue weighted by Crippen LogP contribution is 2.28. The van der Waals surface area contributed by atoms with Gasteiger partial charge in [-0.1, -0.05) is 0 Å². The molecule has 3 aromatic rings. The number of furan rings is 1. The van der Waals surface area contributed by atoms with Crippen LogP contribution in [0, 0.1) is 49.1 Å². The van der Waals surface area contributed by atoms with Crippen molar-refractivity contribution in [2.24, 2.45) is 0 Å². The van der Waals surface area contributed by atoms with Crippen LogP contribution in [0.2, 0.25) is 0 Å². The minimum absolute atomic E-state index is 0.108. The van der Waals surface area contributed by atoms with E-state index in [9.17, 15) is 20.2 Å². The molecule has 3 aromatic heterocycles. The van der Waals surface area contributed by atoms with Crippen LogP contribution in [0.5, 0.6) is 0 Å². The van der Waals surface area contributed by atoms with Gasteiger partial charge in [0.25, 0.3) is 0 Å². The molecule has 0 aromatic carbocycles. The van der Waals surface area contributed by atoms with Gasteiger partial charge in [0.05, 0.1) is 23.3 Å². The molecular formula is C19H20N6O4. The van der Waals surface area contributed by atoms with Crippen LogP contribution in [-0.2, 0) is 17.9 Å². The van der Waals surface area contributed by atoms with Gasteiger partial charge in [0.2, 0.25) is 5.91 Å². The third kappa shape index (κ3) is 3.62. The lowest BCUT2D eigenvalue weighted by atomic mass is 10.2. The number of nitriles is 1. The first-order chi connectivity index (χ1) is 13.7. The fourth-order valence-electron chi connectivity index (χ4n) is 3.30. The highest BCUT2D eigenvalue weighted by Gasteiger charge is 2.24. The number of amides is 1. The molecule has 10 heteroatoms. The molecule has 0 saturated carbocycles. The number of aromatic nitrogens is 3. The predicted octanol–water partition coefficient (Wildman–Crippen LogP) is 2.98. The number of hydrogen-bond acceptors (Lipinski definition) is 6. The molecule has 1 N–H and O–H groups in total. The number of carbonyl (C=O) groups is 1. The van der Waals surface area contributed by atoms with E-state index in [4.69, 9.17) is 4.42 Å². The zero-order valence-corrected chi connectivity index (χ0v) is 16.5. The standard InChI is InChI=1S/C19H20N6O4/c1-11-13(3)23(9-15-6-5-7-29-15)19(16(11)8-20)21-17(26)10-24-14(4)18(25(27)28)12(2)22-24/h5-7H,9-10H2,1-4H3,(H,21,26). The van der Waals surface area contributed by atoms with Crippen LogP contribution in [0.3, 0.4) is 0 Å². The molecule has 0 bridgehead atoms. The average molecular weight is 396 g/mol. The van der Waals surface area contributed by atoms with Gasteiger partial charge in [0.15, 0.2) is 0 Å². The summed E-state index contributed by atoms with van der Waals surface area (Å²) in [4.78, 5) is 23.3. The van der Waals surface area contributed by atoms with Gasteiger partial charge in [0, 0.05) is 5.69 Å². The Balaban J connectivity index is 1.91. The Morgan fingerprint density at radius 1 is 1.34 bits per heavy atom. The van der Waals surface area contributed by atoms with Gasteiger partial charge in [-0.3, -0.25) is 19.6 Å². The SMILES string of the molecule is Cc1nn(CC(=O)Nc2c(C#N)c(C)c(C)n2Cc2ccco2)c(C)c1[N+](=O)[O-]. The third-order valence-corrected chi connectivity index (χ3v) is 4.91. The number of nitrogens with one attached hydrogen (secondary N) is 1. The van der Waals surface area contributed by atoms with Gasteiger partial charge in [-0.05, 0) is 45.4 Å². The molecule has 0 radical (unpaired) electrons. The van der Waals surface area contributed by atoms with Crippen LogP contribution in [0.15, 0.2) is 22.8 Å². The van der Waals surface area contributed by atoms with Crippen molar-refractivity contribution >= 4 is 17.4 Å². The van der Waals surface area contributed by atoms with E-state index in [2.05, 4.69) is 16.5 Å². The molecule has 0 saturated heterocycles. The Morgan fingerprint density at radius 3 is 2.62 bits per heavy atom. The van der Waals surface area contributed by atoms with E-state index in [1.807, 2.05) is 13.8 Å². The van der Waals surface area contributed by atoms with Gasteiger partial charge in [-0.25, -0.2) is 0 Å². The van der Waals surface area contributed by atoms with E-state index >= 15 is 0 Å². The lowest BCUT2D eigenvalue weighted by molar-refractivity contribution is -0.386. The minimum atomic E-state index is -0.513. The van der Waals surface area contributed by atoms with Crippen molar-refractivity contribution in [1.82, 2.24) is 14.3 Å². The molecule has 0 aliphatic carbocycles. The lowest BCUT2D eigenvalue weighted by Gasteiger charge is -2.12. The van der Waals surface area contributed by atoms with Crippen molar-refractivity contribution in [2.45, 2.75) is 40.8 Å². The zero-order chi connectivity index (χ0) is 21.3. The summed E-state index contributed by atoms with van der Waals surface area (Å²) in [5.74, 6) is 0.595. The smallest absolute Gasteiger partial charge is 0.312 e. The number of nitro groups is 1. The van der Waals surface area contributed by atoms with E-state index in [0.29, 0.717) is 29.4 Å². The first kappa shape index (κ1) is 19.9. The molecule has 0 spiro atoms.